The first-order valence-corrected chi connectivity index (χ1v) is 8.97. The molecule has 1 aromatic carbocycles. The number of amides is 3. The molecule has 7 heteroatoms. The maximum atomic E-state index is 12.5. The SMILES string of the molecule is CN(C)C(=O)N(CCNC(=O)c1ccc2cc[nH]c2c1)C1CCOCC1. The minimum absolute atomic E-state index is 0.0287. The number of fused-ring (bicyclic) bond motifs is 1. The summed E-state index contributed by atoms with van der Waals surface area (Å²) in [5, 5.41) is 4.00. The van der Waals surface area contributed by atoms with Crippen LogP contribution in [0.3, 0.4) is 0 Å². The molecule has 1 saturated heterocycles. The largest absolute Gasteiger partial charge is 0.381 e. The van der Waals surface area contributed by atoms with Gasteiger partial charge in [0.2, 0.25) is 0 Å². The minimum Gasteiger partial charge on any atom is -0.381 e. The van der Waals surface area contributed by atoms with Gasteiger partial charge >= 0.3 is 6.03 Å². The van der Waals surface area contributed by atoms with Crippen molar-refractivity contribution in [2.75, 3.05) is 40.4 Å². The van der Waals surface area contributed by atoms with Crippen LogP contribution < -0.4 is 5.32 Å². The molecule has 0 bridgehead atoms. The lowest BCUT2D eigenvalue weighted by molar-refractivity contribution is 0.0415. The van der Waals surface area contributed by atoms with E-state index >= 15 is 0 Å². The zero-order chi connectivity index (χ0) is 18.5. The molecule has 1 aliphatic rings. The van der Waals surface area contributed by atoms with Gasteiger partial charge in [-0.05, 0) is 36.4 Å². The Labute approximate surface area is 153 Å². The van der Waals surface area contributed by atoms with Crippen LogP contribution >= 0.6 is 0 Å². The Kier molecular flexibility index (Phi) is 5.78. The Bertz CT molecular complexity index is 765. The van der Waals surface area contributed by atoms with E-state index in [9.17, 15) is 9.59 Å². The van der Waals surface area contributed by atoms with Crippen molar-refractivity contribution < 1.29 is 14.3 Å². The van der Waals surface area contributed by atoms with Crippen molar-refractivity contribution in [3.8, 4) is 0 Å². The Morgan fingerprint density at radius 3 is 2.73 bits per heavy atom. The molecule has 1 fully saturated rings. The number of nitrogens with one attached hydrogen (secondary N) is 2. The number of benzene rings is 1. The molecule has 2 aromatic rings. The fraction of sp³-hybridized carbons (Fsp3) is 0.474. The summed E-state index contributed by atoms with van der Waals surface area (Å²) in [7, 11) is 3.50. The standard InChI is InChI=1S/C19H26N4O3/c1-22(2)19(25)23(16-6-11-26-12-7-16)10-9-21-18(24)15-4-3-14-5-8-20-17(14)13-15/h3-5,8,13,16,20H,6-7,9-12H2,1-2H3,(H,21,24). The highest BCUT2D eigenvalue weighted by molar-refractivity contribution is 5.97. The van der Waals surface area contributed by atoms with Crippen LogP contribution in [0, 0.1) is 0 Å². The van der Waals surface area contributed by atoms with Gasteiger partial charge < -0.3 is 24.8 Å². The second-order valence-corrected chi connectivity index (χ2v) is 6.75. The number of hydrogen-bond donors (Lipinski definition) is 2. The van der Waals surface area contributed by atoms with Crippen molar-refractivity contribution in [1.29, 1.82) is 0 Å². The number of carbonyl (C=O) groups excluding carboxylic acids is 2. The van der Waals surface area contributed by atoms with Crippen LogP contribution in [0.15, 0.2) is 30.5 Å². The van der Waals surface area contributed by atoms with E-state index in [1.54, 1.807) is 19.0 Å². The van der Waals surface area contributed by atoms with E-state index in [1.165, 1.54) is 0 Å². The second-order valence-electron chi connectivity index (χ2n) is 6.75. The van der Waals surface area contributed by atoms with E-state index < -0.39 is 0 Å². The third-order valence-corrected chi connectivity index (χ3v) is 4.72. The van der Waals surface area contributed by atoms with Crippen LogP contribution in [-0.2, 0) is 4.74 Å². The number of aromatic amines is 1. The number of H-pyrrole nitrogens is 1. The lowest BCUT2D eigenvalue weighted by Crippen LogP contribution is -2.50. The highest BCUT2D eigenvalue weighted by atomic mass is 16.5. The molecule has 0 spiro atoms. The second kappa shape index (κ2) is 8.23. The fourth-order valence-corrected chi connectivity index (χ4v) is 3.27. The number of ether oxygens (including phenoxy) is 1. The van der Waals surface area contributed by atoms with E-state index in [2.05, 4.69) is 10.3 Å². The van der Waals surface area contributed by atoms with Crippen molar-refractivity contribution in [3.63, 3.8) is 0 Å². The number of urea groups is 1. The molecule has 0 atom stereocenters. The lowest BCUT2D eigenvalue weighted by Gasteiger charge is -2.36. The summed E-state index contributed by atoms with van der Waals surface area (Å²) >= 11 is 0. The summed E-state index contributed by atoms with van der Waals surface area (Å²) in [6.45, 7) is 2.24. The Morgan fingerprint density at radius 1 is 1.23 bits per heavy atom. The fourth-order valence-electron chi connectivity index (χ4n) is 3.27. The maximum Gasteiger partial charge on any atom is 0.319 e. The maximum absolute atomic E-state index is 12.5. The van der Waals surface area contributed by atoms with Crippen LogP contribution in [0.5, 0.6) is 0 Å². The molecule has 7 nitrogen and oxygen atoms in total. The highest BCUT2D eigenvalue weighted by Gasteiger charge is 2.26. The van der Waals surface area contributed by atoms with Crippen molar-refractivity contribution in [1.82, 2.24) is 20.1 Å². The molecule has 3 amide bonds. The highest BCUT2D eigenvalue weighted by Crippen LogP contribution is 2.16. The quantitative estimate of drug-likeness (QED) is 0.859. The van der Waals surface area contributed by atoms with E-state index in [0.29, 0.717) is 31.9 Å². The number of nitrogens with zero attached hydrogens (tertiary/aromatic N) is 2. The summed E-state index contributed by atoms with van der Waals surface area (Å²) in [6, 6.07) is 7.67. The smallest absolute Gasteiger partial charge is 0.319 e. The van der Waals surface area contributed by atoms with Crippen molar-refractivity contribution in [2.24, 2.45) is 0 Å². The van der Waals surface area contributed by atoms with Gasteiger partial charge in [-0.2, -0.15) is 0 Å². The third kappa shape index (κ3) is 4.16. The van der Waals surface area contributed by atoms with Crippen LogP contribution in [0.25, 0.3) is 10.9 Å². The van der Waals surface area contributed by atoms with Gasteiger partial charge in [-0.3, -0.25) is 4.79 Å². The van der Waals surface area contributed by atoms with Crippen LogP contribution in [0.1, 0.15) is 23.2 Å². The number of hydrogen-bond acceptors (Lipinski definition) is 3. The average molecular weight is 358 g/mol. The van der Waals surface area contributed by atoms with Gasteiger partial charge in [0.15, 0.2) is 0 Å². The summed E-state index contributed by atoms with van der Waals surface area (Å²) in [5.74, 6) is -0.134. The van der Waals surface area contributed by atoms with Gasteiger partial charge in [-0.25, -0.2) is 4.79 Å². The van der Waals surface area contributed by atoms with Gasteiger partial charge in [0.25, 0.3) is 5.91 Å². The zero-order valence-electron chi connectivity index (χ0n) is 15.3. The minimum atomic E-state index is -0.134. The van der Waals surface area contributed by atoms with E-state index in [4.69, 9.17) is 4.74 Å². The molecule has 1 aliphatic heterocycles. The van der Waals surface area contributed by atoms with Gasteiger partial charge in [0.05, 0.1) is 0 Å². The molecule has 2 N–H and O–H groups in total. The first-order valence-electron chi connectivity index (χ1n) is 8.97. The predicted octanol–water partition coefficient (Wildman–Crippen LogP) is 2.06. The third-order valence-electron chi connectivity index (χ3n) is 4.72. The van der Waals surface area contributed by atoms with Crippen LogP contribution in [0.2, 0.25) is 0 Å². The van der Waals surface area contributed by atoms with Crippen molar-refractivity contribution >= 4 is 22.8 Å². The molecule has 2 heterocycles. The predicted molar refractivity (Wildman–Crippen MR) is 100 cm³/mol. The first-order chi connectivity index (χ1) is 12.6. The van der Waals surface area contributed by atoms with Gasteiger partial charge in [0, 0.05) is 63.7 Å². The Balaban J connectivity index is 1.59. The molecule has 26 heavy (non-hydrogen) atoms. The summed E-state index contributed by atoms with van der Waals surface area (Å²) < 4.78 is 5.39. The molecule has 1 aromatic heterocycles. The number of carbonyl (C=O) groups is 2. The Morgan fingerprint density at radius 2 is 2.00 bits per heavy atom. The molecule has 0 unspecified atom stereocenters. The zero-order valence-corrected chi connectivity index (χ0v) is 15.3. The van der Waals surface area contributed by atoms with Gasteiger partial charge in [-0.15, -0.1) is 0 Å². The van der Waals surface area contributed by atoms with Gasteiger partial charge in [0.1, 0.15) is 0 Å². The summed E-state index contributed by atoms with van der Waals surface area (Å²) in [5.41, 5.74) is 1.54. The normalized spacial score (nSPS) is 15.0. The molecule has 3 rings (SSSR count). The Hall–Kier alpha value is -2.54. The molecule has 0 radical (unpaired) electrons. The average Bonchev–Trinajstić information content (AvgIpc) is 3.13. The van der Waals surface area contributed by atoms with Crippen molar-refractivity contribution in [3.05, 3.63) is 36.0 Å². The number of aromatic nitrogens is 1. The van der Waals surface area contributed by atoms with E-state index in [1.807, 2.05) is 35.4 Å². The first kappa shape index (κ1) is 18.3. The van der Waals surface area contributed by atoms with E-state index in [0.717, 1.165) is 23.7 Å². The van der Waals surface area contributed by atoms with Crippen LogP contribution in [-0.4, -0.2) is 73.2 Å². The molecular formula is C19H26N4O3. The summed E-state index contributed by atoms with van der Waals surface area (Å²) in [4.78, 5) is 31.4. The topological polar surface area (TPSA) is 77.7 Å². The lowest BCUT2D eigenvalue weighted by atomic mass is 10.1. The molecule has 140 valence electrons. The molecular weight excluding hydrogens is 332 g/mol. The summed E-state index contributed by atoms with van der Waals surface area (Å²) in [6.07, 6.45) is 3.51. The van der Waals surface area contributed by atoms with Gasteiger partial charge in [-0.1, -0.05) is 6.07 Å². The molecule has 0 aliphatic carbocycles. The monoisotopic (exact) mass is 358 g/mol. The van der Waals surface area contributed by atoms with E-state index in [-0.39, 0.29) is 18.0 Å². The molecule has 0 saturated carbocycles. The number of rotatable bonds is 5. The van der Waals surface area contributed by atoms with Crippen LogP contribution in [0.4, 0.5) is 4.79 Å². The van der Waals surface area contributed by atoms with Crippen molar-refractivity contribution in [2.45, 2.75) is 18.9 Å².